The number of amides is 1. The normalized spacial score (nSPS) is 11.2. The number of rotatable bonds is 5. The van der Waals surface area contributed by atoms with Gasteiger partial charge in [-0.05, 0) is 44.4 Å². The van der Waals surface area contributed by atoms with Crippen LogP contribution in [0.4, 0.5) is 5.69 Å². The molecule has 0 saturated carbocycles. The smallest absolute Gasteiger partial charge is 0.238 e. The average Bonchev–Trinajstić information content (AvgIpc) is 3.30. The highest BCUT2D eigenvalue weighted by atomic mass is 16.2. The second-order valence-corrected chi connectivity index (χ2v) is 6.51. The Hall–Kier alpha value is -3.52. The minimum atomic E-state index is -0.0579. The molecule has 0 bridgehead atoms. The number of nitrogens with zero attached hydrogens (tertiary/aromatic N) is 5. The standard InChI is InChI=1S/C19H19N7O/c1-25(2)10-18(27)22-14-5-3-4-13(8-14)19-16-9-15(26-12-20-11-21-26)6-7-17(16)23-24-19/h3-9,11-12H,10H2,1-2H3,(H,22,27)(H,23,24). The van der Waals surface area contributed by atoms with E-state index in [-0.39, 0.29) is 5.91 Å². The average molecular weight is 361 g/mol. The molecule has 0 aliphatic heterocycles. The lowest BCUT2D eigenvalue weighted by molar-refractivity contribution is -0.116. The Morgan fingerprint density at radius 1 is 1.22 bits per heavy atom. The van der Waals surface area contributed by atoms with E-state index in [1.165, 1.54) is 6.33 Å². The zero-order chi connectivity index (χ0) is 18.8. The van der Waals surface area contributed by atoms with Crippen molar-refractivity contribution in [2.24, 2.45) is 0 Å². The lowest BCUT2D eigenvalue weighted by Crippen LogP contribution is -2.27. The first-order valence-electron chi connectivity index (χ1n) is 8.48. The summed E-state index contributed by atoms with van der Waals surface area (Å²) < 4.78 is 1.70. The van der Waals surface area contributed by atoms with Gasteiger partial charge in [-0.2, -0.15) is 10.2 Å². The molecule has 0 radical (unpaired) electrons. The van der Waals surface area contributed by atoms with Crippen molar-refractivity contribution < 1.29 is 4.79 Å². The number of likely N-dealkylation sites (N-methyl/N-ethyl adjacent to an activating group) is 1. The van der Waals surface area contributed by atoms with Crippen molar-refractivity contribution in [3.05, 3.63) is 55.1 Å². The fourth-order valence-electron chi connectivity index (χ4n) is 2.94. The molecule has 0 spiro atoms. The van der Waals surface area contributed by atoms with Crippen molar-refractivity contribution >= 4 is 22.5 Å². The highest BCUT2D eigenvalue weighted by molar-refractivity contribution is 5.96. The molecule has 8 nitrogen and oxygen atoms in total. The monoisotopic (exact) mass is 361 g/mol. The first kappa shape index (κ1) is 16.9. The van der Waals surface area contributed by atoms with E-state index in [0.717, 1.165) is 33.5 Å². The SMILES string of the molecule is CN(C)CC(=O)Nc1cccc(-c2n[nH]c3ccc(-n4cncn4)cc23)c1. The van der Waals surface area contributed by atoms with Gasteiger partial charge < -0.3 is 10.2 Å². The number of aromatic nitrogens is 5. The fourth-order valence-corrected chi connectivity index (χ4v) is 2.94. The largest absolute Gasteiger partial charge is 0.325 e. The van der Waals surface area contributed by atoms with Gasteiger partial charge in [-0.15, -0.1) is 0 Å². The molecular formula is C19H19N7O. The van der Waals surface area contributed by atoms with Crippen LogP contribution in [0.15, 0.2) is 55.1 Å². The highest BCUT2D eigenvalue weighted by Crippen LogP contribution is 2.29. The summed E-state index contributed by atoms with van der Waals surface area (Å²) in [5, 5.41) is 15.6. The van der Waals surface area contributed by atoms with Crippen LogP contribution in [0.5, 0.6) is 0 Å². The van der Waals surface area contributed by atoms with Gasteiger partial charge in [-0.1, -0.05) is 12.1 Å². The molecule has 1 amide bonds. The molecule has 0 unspecified atom stereocenters. The Bertz CT molecular complexity index is 1080. The zero-order valence-corrected chi connectivity index (χ0v) is 15.0. The molecule has 2 aromatic carbocycles. The van der Waals surface area contributed by atoms with E-state index in [1.54, 1.807) is 11.0 Å². The van der Waals surface area contributed by atoms with Gasteiger partial charge in [0.25, 0.3) is 0 Å². The summed E-state index contributed by atoms with van der Waals surface area (Å²) in [6.45, 7) is 0.330. The van der Waals surface area contributed by atoms with Crippen LogP contribution >= 0.6 is 0 Å². The van der Waals surface area contributed by atoms with Crippen LogP contribution < -0.4 is 5.32 Å². The number of aromatic amines is 1. The second-order valence-electron chi connectivity index (χ2n) is 6.51. The van der Waals surface area contributed by atoms with Gasteiger partial charge in [-0.3, -0.25) is 9.89 Å². The quantitative estimate of drug-likeness (QED) is 0.569. The van der Waals surface area contributed by atoms with E-state index in [9.17, 15) is 4.79 Å². The molecule has 0 aliphatic rings. The first-order chi connectivity index (χ1) is 13.1. The van der Waals surface area contributed by atoms with Crippen LogP contribution in [0.2, 0.25) is 0 Å². The minimum Gasteiger partial charge on any atom is -0.325 e. The maximum Gasteiger partial charge on any atom is 0.238 e. The van der Waals surface area contributed by atoms with Crippen molar-refractivity contribution in [3.8, 4) is 16.9 Å². The van der Waals surface area contributed by atoms with Gasteiger partial charge in [0, 0.05) is 16.6 Å². The Balaban J connectivity index is 1.69. The van der Waals surface area contributed by atoms with Crippen molar-refractivity contribution in [1.29, 1.82) is 0 Å². The van der Waals surface area contributed by atoms with Crippen LogP contribution in [0, 0.1) is 0 Å². The number of hydrogen-bond acceptors (Lipinski definition) is 5. The Kier molecular flexibility index (Phi) is 4.39. The number of fused-ring (bicyclic) bond motifs is 1. The van der Waals surface area contributed by atoms with Crippen LogP contribution in [0.25, 0.3) is 27.8 Å². The number of nitrogens with one attached hydrogen (secondary N) is 2. The van der Waals surface area contributed by atoms with Crippen LogP contribution in [-0.4, -0.2) is 56.4 Å². The molecule has 2 aromatic heterocycles. The van der Waals surface area contributed by atoms with E-state index < -0.39 is 0 Å². The molecule has 0 atom stereocenters. The van der Waals surface area contributed by atoms with Gasteiger partial charge in [0.1, 0.15) is 18.3 Å². The summed E-state index contributed by atoms with van der Waals surface area (Å²) in [7, 11) is 3.72. The lowest BCUT2D eigenvalue weighted by atomic mass is 10.1. The zero-order valence-electron chi connectivity index (χ0n) is 15.0. The number of hydrogen-bond donors (Lipinski definition) is 2. The molecule has 0 saturated heterocycles. The van der Waals surface area contributed by atoms with E-state index in [4.69, 9.17) is 0 Å². The van der Waals surface area contributed by atoms with Gasteiger partial charge >= 0.3 is 0 Å². The molecule has 8 heteroatoms. The maximum atomic E-state index is 12.0. The van der Waals surface area contributed by atoms with E-state index >= 15 is 0 Å². The third kappa shape index (κ3) is 3.56. The number of H-pyrrole nitrogens is 1. The Morgan fingerprint density at radius 2 is 2.11 bits per heavy atom. The Morgan fingerprint density at radius 3 is 2.89 bits per heavy atom. The second kappa shape index (κ2) is 7.00. The maximum absolute atomic E-state index is 12.0. The van der Waals surface area contributed by atoms with Crippen LogP contribution in [-0.2, 0) is 4.79 Å². The van der Waals surface area contributed by atoms with Crippen LogP contribution in [0.1, 0.15) is 0 Å². The lowest BCUT2D eigenvalue weighted by Gasteiger charge is -2.10. The first-order valence-corrected chi connectivity index (χ1v) is 8.48. The number of carbonyl (C=O) groups excluding carboxylic acids is 1. The van der Waals surface area contributed by atoms with E-state index in [1.807, 2.05) is 61.5 Å². The molecule has 0 aliphatic carbocycles. The highest BCUT2D eigenvalue weighted by Gasteiger charge is 2.11. The van der Waals surface area contributed by atoms with E-state index in [2.05, 4.69) is 25.6 Å². The molecule has 2 N–H and O–H groups in total. The predicted octanol–water partition coefficient (Wildman–Crippen LogP) is 2.31. The Labute approximate surface area is 155 Å². The molecule has 0 fully saturated rings. The van der Waals surface area contributed by atoms with Gasteiger partial charge in [0.2, 0.25) is 5.91 Å². The van der Waals surface area contributed by atoms with Gasteiger partial charge in [-0.25, -0.2) is 9.67 Å². The molecule has 4 rings (SSSR count). The number of benzene rings is 2. The molecule has 4 aromatic rings. The summed E-state index contributed by atoms with van der Waals surface area (Å²) in [4.78, 5) is 17.8. The number of anilines is 1. The van der Waals surface area contributed by atoms with Gasteiger partial charge in [0.15, 0.2) is 0 Å². The van der Waals surface area contributed by atoms with E-state index in [0.29, 0.717) is 6.54 Å². The molecule has 2 heterocycles. The number of carbonyl (C=O) groups is 1. The third-order valence-electron chi connectivity index (χ3n) is 4.11. The van der Waals surface area contributed by atoms with Crippen molar-refractivity contribution in [2.45, 2.75) is 0 Å². The van der Waals surface area contributed by atoms with Crippen molar-refractivity contribution in [2.75, 3.05) is 26.0 Å². The summed E-state index contributed by atoms with van der Waals surface area (Å²) in [6.07, 6.45) is 3.15. The van der Waals surface area contributed by atoms with Crippen LogP contribution in [0.3, 0.4) is 0 Å². The molecule has 27 heavy (non-hydrogen) atoms. The summed E-state index contributed by atoms with van der Waals surface area (Å²) in [5.74, 6) is -0.0579. The van der Waals surface area contributed by atoms with Gasteiger partial charge in [0.05, 0.1) is 17.7 Å². The summed E-state index contributed by atoms with van der Waals surface area (Å²) >= 11 is 0. The predicted molar refractivity (Wildman–Crippen MR) is 104 cm³/mol. The fraction of sp³-hybridized carbons (Fsp3) is 0.158. The van der Waals surface area contributed by atoms with Crippen molar-refractivity contribution in [3.63, 3.8) is 0 Å². The topological polar surface area (TPSA) is 91.7 Å². The summed E-state index contributed by atoms with van der Waals surface area (Å²) in [6, 6.07) is 13.6. The molecule has 136 valence electrons. The van der Waals surface area contributed by atoms with Crippen molar-refractivity contribution in [1.82, 2.24) is 29.9 Å². The molecular weight excluding hydrogens is 342 g/mol. The summed E-state index contributed by atoms with van der Waals surface area (Å²) in [5.41, 5.74) is 4.30. The minimum absolute atomic E-state index is 0.0579. The third-order valence-corrected chi connectivity index (χ3v) is 4.11.